The number of methoxy groups -OCH3 is 1. The minimum Gasteiger partial charge on any atom is -0.467 e. The van der Waals surface area contributed by atoms with Crippen molar-refractivity contribution in [1.82, 2.24) is 9.97 Å². The van der Waals surface area contributed by atoms with E-state index in [1.165, 1.54) is 18.9 Å². The highest BCUT2D eigenvalue weighted by molar-refractivity contribution is 7.99. The molecule has 1 aromatic carbocycles. The summed E-state index contributed by atoms with van der Waals surface area (Å²) in [7, 11) is 1.26. The number of esters is 1. The van der Waals surface area contributed by atoms with Gasteiger partial charge in [0.15, 0.2) is 0 Å². The molecule has 0 atom stereocenters. The molecule has 0 aliphatic heterocycles. The number of nitrogens with zero attached hydrogens (tertiary/aromatic N) is 2. The van der Waals surface area contributed by atoms with Gasteiger partial charge in [-0.15, -0.1) is 0 Å². The van der Waals surface area contributed by atoms with E-state index in [1.807, 2.05) is 26.0 Å². The molecule has 1 heterocycles. The molecular formula is C17H21N3O4S. The van der Waals surface area contributed by atoms with Gasteiger partial charge in [0, 0.05) is 18.2 Å². The predicted octanol–water partition coefficient (Wildman–Crippen LogP) is 2.62. The largest absolute Gasteiger partial charge is 0.467 e. The van der Waals surface area contributed by atoms with Gasteiger partial charge in [0.05, 0.1) is 7.11 Å². The molecule has 7 nitrogen and oxygen atoms in total. The van der Waals surface area contributed by atoms with E-state index >= 15 is 0 Å². The molecule has 0 unspecified atom stereocenters. The lowest BCUT2D eigenvalue weighted by molar-refractivity contribution is -0.146. The van der Waals surface area contributed by atoms with Gasteiger partial charge in [-0.05, 0) is 43.7 Å². The Kier molecular flexibility index (Phi) is 6.91. The van der Waals surface area contributed by atoms with E-state index in [9.17, 15) is 9.59 Å². The van der Waals surface area contributed by atoms with E-state index in [0.717, 1.165) is 21.3 Å². The zero-order chi connectivity index (χ0) is 18.2. The van der Waals surface area contributed by atoms with Gasteiger partial charge in [0.25, 0.3) is 0 Å². The number of hydrogen-bond acceptors (Lipinski definition) is 7. The second-order valence-electron chi connectivity index (χ2n) is 5.15. The Morgan fingerprint density at radius 3 is 2.60 bits per heavy atom. The molecule has 1 N–H and O–H groups in total. The van der Waals surface area contributed by atoms with Gasteiger partial charge in [-0.3, -0.25) is 4.79 Å². The van der Waals surface area contributed by atoms with Crippen LogP contribution in [0.2, 0.25) is 0 Å². The predicted molar refractivity (Wildman–Crippen MR) is 95.6 cm³/mol. The van der Waals surface area contributed by atoms with Crippen LogP contribution in [0.15, 0.2) is 40.4 Å². The fourth-order valence-electron chi connectivity index (χ4n) is 1.81. The first kappa shape index (κ1) is 18.9. The summed E-state index contributed by atoms with van der Waals surface area (Å²) in [4.78, 5) is 32.2. The Labute approximate surface area is 151 Å². The highest BCUT2D eigenvalue weighted by atomic mass is 32.2. The minimum atomic E-state index is -0.524. The molecule has 8 heteroatoms. The van der Waals surface area contributed by atoms with Gasteiger partial charge in [-0.2, -0.15) is 0 Å². The standard InChI is InChI=1S/C17H19N3O4S.H2/c1-11-8-18-12(2)19-17(11)25-14-6-4-13(5-7-14)20-15(21)9-24-10-16(22)23-3;/h4-8H,9-10H2,1-3H3,(H,20,21);1H. The van der Waals surface area contributed by atoms with Crippen LogP contribution in [-0.4, -0.2) is 42.2 Å². The third kappa shape index (κ3) is 6.17. The molecule has 0 saturated carbocycles. The topological polar surface area (TPSA) is 90.4 Å². The van der Waals surface area contributed by atoms with Gasteiger partial charge in [0.2, 0.25) is 5.91 Å². The Morgan fingerprint density at radius 1 is 1.20 bits per heavy atom. The van der Waals surface area contributed by atoms with E-state index in [0.29, 0.717) is 5.69 Å². The maximum absolute atomic E-state index is 11.7. The SMILES string of the molecule is COC(=O)COCC(=O)Nc1ccc(Sc2nc(C)ncc2C)cc1.[HH]. The lowest BCUT2D eigenvalue weighted by Crippen LogP contribution is -2.21. The van der Waals surface area contributed by atoms with Crippen molar-refractivity contribution in [1.29, 1.82) is 0 Å². The number of carbonyl (C=O) groups is 2. The molecule has 2 rings (SSSR count). The molecule has 0 aliphatic rings. The second kappa shape index (κ2) is 9.14. The van der Waals surface area contributed by atoms with E-state index in [2.05, 4.69) is 20.0 Å². The number of amides is 1. The first-order chi connectivity index (χ1) is 12.0. The molecule has 0 bridgehead atoms. The number of benzene rings is 1. The van der Waals surface area contributed by atoms with Crippen LogP contribution in [0.1, 0.15) is 12.8 Å². The van der Waals surface area contributed by atoms with Gasteiger partial charge in [-0.25, -0.2) is 14.8 Å². The maximum Gasteiger partial charge on any atom is 0.331 e. The summed E-state index contributed by atoms with van der Waals surface area (Å²) in [6.07, 6.45) is 1.80. The molecule has 0 saturated heterocycles. The Balaban J connectivity index is 0.00000338. The average Bonchev–Trinajstić information content (AvgIpc) is 2.59. The Bertz CT molecular complexity index is 756. The molecular weight excluding hydrogens is 342 g/mol. The molecule has 2 aromatic rings. The number of carbonyl (C=O) groups excluding carboxylic acids is 2. The van der Waals surface area contributed by atoms with Gasteiger partial charge in [-0.1, -0.05) is 11.8 Å². The zero-order valence-electron chi connectivity index (χ0n) is 14.2. The quantitative estimate of drug-likeness (QED) is 0.597. The van der Waals surface area contributed by atoms with Crippen molar-refractivity contribution in [2.45, 2.75) is 23.8 Å². The van der Waals surface area contributed by atoms with Crippen molar-refractivity contribution in [2.75, 3.05) is 25.6 Å². The van der Waals surface area contributed by atoms with Crippen LogP contribution < -0.4 is 5.32 Å². The van der Waals surface area contributed by atoms with Crippen molar-refractivity contribution < 1.29 is 20.5 Å². The third-order valence-electron chi connectivity index (χ3n) is 3.08. The smallest absolute Gasteiger partial charge is 0.331 e. The number of aromatic nitrogens is 2. The van der Waals surface area contributed by atoms with Crippen LogP contribution in [0.3, 0.4) is 0 Å². The number of ether oxygens (including phenoxy) is 2. The first-order valence-electron chi connectivity index (χ1n) is 7.50. The third-order valence-corrected chi connectivity index (χ3v) is 4.19. The molecule has 0 aliphatic carbocycles. The lowest BCUT2D eigenvalue weighted by atomic mass is 10.3. The molecule has 0 spiro atoms. The number of rotatable bonds is 7. The molecule has 1 aromatic heterocycles. The summed E-state index contributed by atoms with van der Waals surface area (Å²) < 4.78 is 9.36. The fourth-order valence-corrected chi connectivity index (χ4v) is 2.70. The molecule has 134 valence electrons. The number of anilines is 1. The van der Waals surface area contributed by atoms with Crippen molar-refractivity contribution in [3.05, 3.63) is 41.9 Å². The number of hydrogen-bond donors (Lipinski definition) is 1. The second-order valence-corrected chi connectivity index (χ2v) is 6.21. The molecule has 1 amide bonds. The van der Waals surface area contributed by atoms with Crippen LogP contribution in [0.5, 0.6) is 0 Å². The first-order valence-corrected chi connectivity index (χ1v) is 8.32. The number of nitrogens with one attached hydrogen (secondary N) is 1. The van der Waals surface area contributed by atoms with Crippen LogP contribution in [0.25, 0.3) is 0 Å². The molecule has 0 radical (unpaired) electrons. The Morgan fingerprint density at radius 2 is 1.92 bits per heavy atom. The highest BCUT2D eigenvalue weighted by Crippen LogP contribution is 2.29. The normalized spacial score (nSPS) is 10.4. The van der Waals surface area contributed by atoms with Gasteiger partial charge < -0.3 is 14.8 Å². The monoisotopic (exact) mass is 363 g/mol. The number of aryl methyl sites for hydroxylation is 2. The Hall–Kier alpha value is -2.45. The van der Waals surface area contributed by atoms with E-state index in [4.69, 9.17) is 4.74 Å². The van der Waals surface area contributed by atoms with Crippen molar-refractivity contribution >= 4 is 29.3 Å². The summed E-state index contributed by atoms with van der Waals surface area (Å²) in [5.41, 5.74) is 1.65. The van der Waals surface area contributed by atoms with Crippen LogP contribution in [0, 0.1) is 13.8 Å². The summed E-state index contributed by atoms with van der Waals surface area (Å²) in [5.74, 6) is -0.139. The lowest BCUT2D eigenvalue weighted by Gasteiger charge is -2.08. The maximum atomic E-state index is 11.7. The van der Waals surface area contributed by atoms with Crippen molar-refractivity contribution in [3.63, 3.8) is 0 Å². The average molecular weight is 363 g/mol. The van der Waals surface area contributed by atoms with Gasteiger partial charge in [0.1, 0.15) is 24.1 Å². The summed E-state index contributed by atoms with van der Waals surface area (Å²) in [6, 6.07) is 7.38. The zero-order valence-corrected chi connectivity index (χ0v) is 15.1. The summed E-state index contributed by atoms with van der Waals surface area (Å²) >= 11 is 1.54. The van der Waals surface area contributed by atoms with Crippen molar-refractivity contribution in [2.24, 2.45) is 0 Å². The highest BCUT2D eigenvalue weighted by Gasteiger charge is 2.07. The molecule has 0 fully saturated rings. The van der Waals surface area contributed by atoms with Gasteiger partial charge >= 0.3 is 5.97 Å². The van der Waals surface area contributed by atoms with E-state index in [-0.39, 0.29) is 20.5 Å². The van der Waals surface area contributed by atoms with Crippen molar-refractivity contribution in [3.8, 4) is 0 Å². The fraction of sp³-hybridized carbons (Fsp3) is 0.294. The van der Waals surface area contributed by atoms with Crippen LogP contribution in [-0.2, 0) is 19.1 Å². The summed E-state index contributed by atoms with van der Waals surface area (Å²) in [5, 5.41) is 3.60. The molecule has 25 heavy (non-hydrogen) atoms. The van der Waals surface area contributed by atoms with E-state index < -0.39 is 5.97 Å². The minimum absolute atomic E-state index is 0. The van der Waals surface area contributed by atoms with E-state index in [1.54, 1.807) is 18.3 Å². The van der Waals surface area contributed by atoms with Crippen LogP contribution in [0.4, 0.5) is 5.69 Å². The van der Waals surface area contributed by atoms with Crippen LogP contribution >= 0.6 is 11.8 Å². The summed E-state index contributed by atoms with van der Waals surface area (Å²) in [6.45, 7) is 3.34.